The number of benzene rings is 1. The lowest BCUT2D eigenvalue weighted by atomic mass is 10.00. The monoisotopic (exact) mass is 261 g/mol. The van der Waals surface area contributed by atoms with Crippen LogP contribution in [0.3, 0.4) is 0 Å². The molecule has 1 aliphatic rings. The first-order valence-electron chi connectivity index (χ1n) is 6.93. The molecular formula is C16H23NO2. The molecule has 0 aromatic heterocycles. The molecule has 1 aromatic carbocycles. The van der Waals surface area contributed by atoms with Crippen LogP contribution in [0.2, 0.25) is 0 Å². The van der Waals surface area contributed by atoms with Gasteiger partial charge in [0.15, 0.2) is 0 Å². The third kappa shape index (κ3) is 3.28. The summed E-state index contributed by atoms with van der Waals surface area (Å²) in [5.74, 6) is 0. The second-order valence-electron chi connectivity index (χ2n) is 6.19. The topological polar surface area (TPSA) is 29.5 Å². The summed E-state index contributed by atoms with van der Waals surface area (Å²) in [7, 11) is 0. The van der Waals surface area contributed by atoms with Gasteiger partial charge in [-0.05, 0) is 51.7 Å². The van der Waals surface area contributed by atoms with Crippen molar-refractivity contribution in [3.05, 3.63) is 35.4 Å². The normalized spacial score (nSPS) is 19.6. The van der Waals surface area contributed by atoms with Crippen LogP contribution in [0, 0.1) is 6.92 Å². The van der Waals surface area contributed by atoms with Gasteiger partial charge in [0, 0.05) is 6.54 Å². The molecule has 3 heteroatoms. The number of likely N-dealkylation sites (tertiary alicyclic amines) is 1. The molecule has 0 bridgehead atoms. The standard InChI is InChI=1S/C16H23NO2/c1-12-8-5-6-9-13(12)14-10-7-11-17(14)15(18)19-16(2,3)4/h5-6,8-9,14H,7,10-11H2,1-4H3/t14-/m1/s1. The van der Waals surface area contributed by atoms with Gasteiger partial charge in [-0.2, -0.15) is 0 Å². The number of carbonyl (C=O) groups is 1. The van der Waals surface area contributed by atoms with Crippen molar-refractivity contribution < 1.29 is 9.53 Å². The predicted molar refractivity (Wildman–Crippen MR) is 76.1 cm³/mol. The number of hydrogen-bond acceptors (Lipinski definition) is 2. The van der Waals surface area contributed by atoms with E-state index in [1.54, 1.807) is 0 Å². The van der Waals surface area contributed by atoms with Crippen LogP contribution in [0.4, 0.5) is 4.79 Å². The summed E-state index contributed by atoms with van der Waals surface area (Å²) in [6, 6.07) is 8.44. The highest BCUT2D eigenvalue weighted by Gasteiger charge is 2.33. The number of rotatable bonds is 1. The summed E-state index contributed by atoms with van der Waals surface area (Å²) in [5, 5.41) is 0. The maximum absolute atomic E-state index is 12.3. The van der Waals surface area contributed by atoms with Crippen molar-refractivity contribution in [1.82, 2.24) is 4.90 Å². The number of ether oxygens (including phenoxy) is 1. The molecule has 0 unspecified atom stereocenters. The van der Waals surface area contributed by atoms with Gasteiger partial charge in [-0.1, -0.05) is 24.3 Å². The van der Waals surface area contributed by atoms with E-state index in [-0.39, 0.29) is 12.1 Å². The lowest BCUT2D eigenvalue weighted by Gasteiger charge is -2.29. The van der Waals surface area contributed by atoms with E-state index < -0.39 is 5.60 Å². The van der Waals surface area contributed by atoms with E-state index >= 15 is 0 Å². The SMILES string of the molecule is Cc1ccccc1[C@H]1CCCN1C(=O)OC(C)(C)C. The Kier molecular flexibility index (Phi) is 3.83. The molecule has 0 radical (unpaired) electrons. The van der Waals surface area contributed by atoms with Crippen LogP contribution in [-0.4, -0.2) is 23.1 Å². The van der Waals surface area contributed by atoms with Crippen molar-refractivity contribution in [3.8, 4) is 0 Å². The zero-order valence-electron chi connectivity index (χ0n) is 12.3. The summed E-state index contributed by atoms with van der Waals surface area (Å²) in [6.07, 6.45) is 1.86. The smallest absolute Gasteiger partial charge is 0.410 e. The zero-order chi connectivity index (χ0) is 14.0. The minimum absolute atomic E-state index is 0.163. The van der Waals surface area contributed by atoms with E-state index in [9.17, 15) is 4.79 Å². The molecule has 2 rings (SSSR count). The first-order chi connectivity index (χ1) is 8.88. The molecular weight excluding hydrogens is 238 g/mol. The van der Waals surface area contributed by atoms with Crippen molar-refractivity contribution in [2.45, 2.75) is 52.2 Å². The van der Waals surface area contributed by atoms with Gasteiger partial charge in [0.05, 0.1) is 6.04 Å². The first kappa shape index (κ1) is 13.9. The molecule has 1 atom stereocenters. The minimum Gasteiger partial charge on any atom is -0.444 e. The van der Waals surface area contributed by atoms with Gasteiger partial charge >= 0.3 is 6.09 Å². The zero-order valence-corrected chi connectivity index (χ0v) is 12.3. The average molecular weight is 261 g/mol. The Labute approximate surface area is 115 Å². The van der Waals surface area contributed by atoms with Crippen LogP contribution < -0.4 is 0 Å². The summed E-state index contributed by atoms with van der Waals surface area (Å²) >= 11 is 0. The number of carbonyl (C=O) groups excluding carboxylic acids is 1. The highest BCUT2D eigenvalue weighted by Crippen LogP contribution is 2.34. The molecule has 0 spiro atoms. The molecule has 3 nitrogen and oxygen atoms in total. The lowest BCUT2D eigenvalue weighted by molar-refractivity contribution is 0.0224. The molecule has 1 aromatic rings. The van der Waals surface area contributed by atoms with Gasteiger partial charge in [-0.15, -0.1) is 0 Å². The Morgan fingerprint density at radius 3 is 2.63 bits per heavy atom. The molecule has 0 saturated carbocycles. The maximum atomic E-state index is 12.3. The van der Waals surface area contributed by atoms with Crippen molar-refractivity contribution in [1.29, 1.82) is 0 Å². The van der Waals surface area contributed by atoms with E-state index in [4.69, 9.17) is 4.74 Å². The molecule has 1 saturated heterocycles. The molecule has 1 aliphatic heterocycles. The summed E-state index contributed by atoms with van der Waals surface area (Å²) in [5.41, 5.74) is 2.05. The van der Waals surface area contributed by atoms with E-state index in [0.29, 0.717) is 0 Å². The number of hydrogen-bond donors (Lipinski definition) is 0. The highest BCUT2D eigenvalue weighted by atomic mass is 16.6. The largest absolute Gasteiger partial charge is 0.444 e. The third-order valence-corrected chi connectivity index (χ3v) is 3.43. The van der Waals surface area contributed by atoms with Gasteiger partial charge in [-0.3, -0.25) is 0 Å². The fourth-order valence-electron chi connectivity index (χ4n) is 2.59. The first-order valence-corrected chi connectivity index (χ1v) is 6.93. The van der Waals surface area contributed by atoms with E-state index in [2.05, 4.69) is 19.1 Å². The molecule has 1 heterocycles. The molecule has 0 aliphatic carbocycles. The number of nitrogens with zero attached hydrogens (tertiary/aromatic N) is 1. The maximum Gasteiger partial charge on any atom is 0.410 e. The fraction of sp³-hybridized carbons (Fsp3) is 0.562. The van der Waals surface area contributed by atoms with Gasteiger partial charge in [0.1, 0.15) is 5.60 Å². The summed E-state index contributed by atoms with van der Waals surface area (Å²) in [6.45, 7) is 8.60. The van der Waals surface area contributed by atoms with E-state index in [1.807, 2.05) is 37.8 Å². The van der Waals surface area contributed by atoms with Crippen LogP contribution >= 0.6 is 0 Å². The Morgan fingerprint density at radius 1 is 1.32 bits per heavy atom. The fourth-order valence-corrected chi connectivity index (χ4v) is 2.59. The Morgan fingerprint density at radius 2 is 2.00 bits per heavy atom. The van der Waals surface area contributed by atoms with Gasteiger partial charge in [0.2, 0.25) is 0 Å². The van der Waals surface area contributed by atoms with Crippen molar-refractivity contribution in [2.75, 3.05) is 6.54 Å². The summed E-state index contributed by atoms with van der Waals surface area (Å²) < 4.78 is 5.50. The van der Waals surface area contributed by atoms with Crippen LogP contribution in [0.25, 0.3) is 0 Å². The highest BCUT2D eigenvalue weighted by molar-refractivity contribution is 5.69. The quantitative estimate of drug-likeness (QED) is 0.762. The van der Waals surface area contributed by atoms with Gasteiger partial charge < -0.3 is 9.64 Å². The Hall–Kier alpha value is -1.51. The second kappa shape index (κ2) is 5.24. The molecule has 0 N–H and O–H groups in total. The van der Waals surface area contributed by atoms with Crippen molar-refractivity contribution in [3.63, 3.8) is 0 Å². The van der Waals surface area contributed by atoms with Crippen molar-refractivity contribution >= 4 is 6.09 Å². The van der Waals surface area contributed by atoms with Crippen LogP contribution in [0.15, 0.2) is 24.3 Å². The molecule has 19 heavy (non-hydrogen) atoms. The Bertz CT molecular complexity index is 462. The average Bonchev–Trinajstić information content (AvgIpc) is 2.76. The van der Waals surface area contributed by atoms with E-state index in [0.717, 1.165) is 19.4 Å². The van der Waals surface area contributed by atoms with Crippen LogP contribution in [0.5, 0.6) is 0 Å². The van der Waals surface area contributed by atoms with Crippen LogP contribution in [-0.2, 0) is 4.74 Å². The van der Waals surface area contributed by atoms with Crippen molar-refractivity contribution in [2.24, 2.45) is 0 Å². The minimum atomic E-state index is -0.435. The lowest BCUT2D eigenvalue weighted by Crippen LogP contribution is -2.36. The van der Waals surface area contributed by atoms with Gasteiger partial charge in [-0.25, -0.2) is 4.79 Å². The third-order valence-electron chi connectivity index (χ3n) is 3.43. The number of amides is 1. The second-order valence-corrected chi connectivity index (χ2v) is 6.19. The van der Waals surface area contributed by atoms with Crippen LogP contribution in [0.1, 0.15) is 50.8 Å². The predicted octanol–water partition coefficient (Wildman–Crippen LogP) is 4.07. The summed E-state index contributed by atoms with van der Waals surface area (Å²) in [4.78, 5) is 14.1. The molecule has 1 fully saturated rings. The molecule has 1 amide bonds. The van der Waals surface area contributed by atoms with E-state index in [1.165, 1.54) is 11.1 Å². The number of aryl methyl sites for hydroxylation is 1. The Balaban J connectivity index is 2.18. The van der Waals surface area contributed by atoms with Gasteiger partial charge in [0.25, 0.3) is 0 Å². The molecule has 104 valence electrons.